The second-order valence-corrected chi connectivity index (χ2v) is 15.8. The predicted molar refractivity (Wildman–Crippen MR) is 197 cm³/mol. The van der Waals surface area contributed by atoms with Gasteiger partial charge in [0.05, 0.1) is 79.3 Å². The minimum absolute atomic E-state index is 0.0512. The van der Waals surface area contributed by atoms with Crippen molar-refractivity contribution in [3.8, 4) is 0 Å². The first-order chi connectivity index (χ1) is 29.3. The fraction of sp³-hybridized carbons (Fsp3) is 0.944. The van der Waals surface area contributed by atoms with E-state index in [1.807, 2.05) is 0 Å². The molecule has 0 aliphatic carbocycles. The van der Waals surface area contributed by atoms with Gasteiger partial charge in [0.15, 0.2) is 25.2 Å². The lowest BCUT2D eigenvalue weighted by atomic mass is 9.99. The molecule has 0 bridgehead atoms. The molecule has 4 aliphatic heterocycles. The molecule has 0 aromatic heterocycles. The van der Waals surface area contributed by atoms with Gasteiger partial charge in [-0.25, -0.2) is 0 Å². The van der Waals surface area contributed by atoms with Crippen LogP contribution in [0.1, 0.15) is 0 Å². The van der Waals surface area contributed by atoms with Crippen LogP contribution in [0.2, 0.25) is 0 Å². The molecule has 62 heavy (non-hydrogen) atoms. The van der Waals surface area contributed by atoms with E-state index < -0.39 is 135 Å². The third kappa shape index (κ3) is 14.9. The maximum atomic E-state index is 10.2. The van der Waals surface area contributed by atoms with E-state index >= 15 is 0 Å². The summed E-state index contributed by atoms with van der Waals surface area (Å²) in [6.07, 6.45) is -32.1. The zero-order chi connectivity index (χ0) is 45.8. The molecular formula is C36H64O26. The summed E-state index contributed by atoms with van der Waals surface area (Å²) in [6, 6.07) is 0. The summed E-state index contributed by atoms with van der Waals surface area (Å²) in [7, 11) is 0. The predicted octanol–water partition coefficient (Wildman–Crippen LogP) is -9.93. The van der Waals surface area contributed by atoms with Crippen molar-refractivity contribution in [3.63, 3.8) is 0 Å². The second kappa shape index (κ2) is 25.6. The molecule has 4 saturated heterocycles. The normalized spacial score (nSPS) is 41.8. The molecule has 20 atom stereocenters. The highest BCUT2D eigenvalue weighted by Crippen LogP contribution is 2.24. The summed E-state index contributed by atoms with van der Waals surface area (Å²) in [5.41, 5.74) is 0.437. The second-order valence-electron chi connectivity index (χ2n) is 15.8. The van der Waals surface area contributed by atoms with E-state index in [9.17, 15) is 81.7 Å². The number of aliphatic hydroxyl groups excluding tert-OH is 16. The molecule has 0 unspecified atom stereocenters. The van der Waals surface area contributed by atoms with Gasteiger partial charge in [-0.15, -0.1) is 0 Å². The van der Waals surface area contributed by atoms with Crippen LogP contribution in [0.5, 0.6) is 0 Å². The van der Waals surface area contributed by atoms with Crippen molar-refractivity contribution in [2.75, 3.05) is 79.3 Å². The fourth-order valence-corrected chi connectivity index (χ4v) is 6.75. The van der Waals surface area contributed by atoms with Crippen molar-refractivity contribution < 1.29 is 129 Å². The van der Waals surface area contributed by atoms with Gasteiger partial charge in [0, 0.05) is 11.8 Å². The monoisotopic (exact) mass is 912 g/mol. The molecule has 0 aromatic carbocycles. The average molecular weight is 913 g/mol. The zero-order valence-corrected chi connectivity index (χ0v) is 33.6. The molecule has 4 aliphatic rings. The first kappa shape index (κ1) is 53.3. The van der Waals surface area contributed by atoms with Crippen LogP contribution in [-0.4, -0.2) is 284 Å². The molecule has 26 nitrogen and oxygen atoms in total. The van der Waals surface area contributed by atoms with Crippen LogP contribution < -0.4 is 0 Å². The smallest absolute Gasteiger partial charge is 0.184 e. The van der Waals surface area contributed by atoms with E-state index in [4.69, 9.17) is 47.4 Å². The van der Waals surface area contributed by atoms with Crippen LogP contribution in [0.4, 0.5) is 0 Å². The maximum Gasteiger partial charge on any atom is 0.184 e. The van der Waals surface area contributed by atoms with E-state index in [1.165, 1.54) is 0 Å². The SMILES string of the molecule is C=C(COCC(COC[C@H]1O[C@H](O)[C@H](O)[C@@H](O)[C@H]1O)COC[C@H]1O[C@H](O)[C@H](O)[C@@H](O)[C@H]1O)COCC(COC[C@H]1O[C@H](O)[C@H](O)[C@@H](O)[C@H]1O)COC[C@H]1O[C@H](O)[C@H](O)[C@@H](O)[C@H]1O. The maximum absolute atomic E-state index is 10.2. The molecular weight excluding hydrogens is 848 g/mol. The Bertz CT molecular complexity index is 1120. The van der Waals surface area contributed by atoms with Crippen LogP contribution in [0.25, 0.3) is 0 Å². The van der Waals surface area contributed by atoms with E-state index in [-0.39, 0.29) is 79.3 Å². The van der Waals surface area contributed by atoms with Gasteiger partial charge in [0.2, 0.25) is 0 Å². The van der Waals surface area contributed by atoms with Crippen molar-refractivity contribution in [1.29, 1.82) is 0 Å². The van der Waals surface area contributed by atoms with Crippen LogP contribution >= 0.6 is 0 Å². The van der Waals surface area contributed by atoms with Gasteiger partial charge >= 0.3 is 0 Å². The highest BCUT2D eigenvalue weighted by Gasteiger charge is 2.46. The number of ether oxygens (including phenoxy) is 10. The topological polar surface area (TPSA) is 416 Å². The molecule has 0 amide bonds. The lowest BCUT2D eigenvalue weighted by Gasteiger charge is -2.38. The standard InChI is InChI=1S/C36H64O26/c1-14(2-53-4-15(6-55-10-17-21(37)25(41)29(45)33(49)59-17)7-56-11-18-22(38)26(42)30(46)34(50)60-18)3-54-5-16(8-57-12-19-23(39)27(43)31(47)35(51)61-19)9-58-13-20-24(40)28(44)32(48)36(52)62-20/h15-52H,1-13H2/t17-,18-,19-,20-,21+,22+,23+,24+,25+,26+,27+,28+,29-,30-,31-,32-,33+,34+,35+,36+/m1/s1. The first-order valence-corrected chi connectivity index (χ1v) is 20.0. The third-order valence-corrected chi connectivity index (χ3v) is 10.6. The molecule has 4 heterocycles. The Hall–Kier alpha value is -1.30. The largest absolute Gasteiger partial charge is 0.387 e. The summed E-state index contributed by atoms with van der Waals surface area (Å²) in [5, 5.41) is 159. The number of rotatable bonds is 24. The highest BCUT2D eigenvalue weighted by atomic mass is 16.7. The Balaban J connectivity index is 1.26. The van der Waals surface area contributed by atoms with Crippen molar-refractivity contribution in [3.05, 3.63) is 12.2 Å². The van der Waals surface area contributed by atoms with Crippen LogP contribution in [0.3, 0.4) is 0 Å². The lowest BCUT2D eigenvalue weighted by molar-refractivity contribution is -0.290. The van der Waals surface area contributed by atoms with Crippen molar-refractivity contribution in [2.45, 2.75) is 123 Å². The Morgan fingerprint density at radius 3 is 0.758 bits per heavy atom. The van der Waals surface area contributed by atoms with E-state index in [0.29, 0.717) is 5.57 Å². The molecule has 16 N–H and O–H groups in total. The zero-order valence-electron chi connectivity index (χ0n) is 33.6. The van der Waals surface area contributed by atoms with E-state index in [1.54, 1.807) is 0 Å². The summed E-state index contributed by atoms with van der Waals surface area (Å²) in [5.74, 6) is -1.17. The average Bonchev–Trinajstić information content (AvgIpc) is 3.24. The van der Waals surface area contributed by atoms with Gasteiger partial charge in [0.1, 0.15) is 97.7 Å². The Labute approximate surface area is 355 Å². The van der Waals surface area contributed by atoms with Gasteiger partial charge in [-0.05, 0) is 5.57 Å². The Morgan fingerprint density at radius 1 is 0.323 bits per heavy atom. The number of hydrogen-bond acceptors (Lipinski definition) is 26. The summed E-state index contributed by atoms with van der Waals surface area (Å²) < 4.78 is 54.7. The van der Waals surface area contributed by atoms with Crippen molar-refractivity contribution >= 4 is 0 Å². The van der Waals surface area contributed by atoms with Crippen LogP contribution in [0.15, 0.2) is 12.2 Å². The highest BCUT2D eigenvalue weighted by molar-refractivity contribution is 4.95. The molecule has 26 heteroatoms. The van der Waals surface area contributed by atoms with Gasteiger partial charge < -0.3 is 129 Å². The molecule has 0 aromatic rings. The molecule has 4 fully saturated rings. The lowest BCUT2D eigenvalue weighted by Crippen LogP contribution is -2.58. The van der Waals surface area contributed by atoms with Gasteiger partial charge in [-0.1, -0.05) is 6.58 Å². The molecule has 0 saturated carbocycles. The molecule has 0 radical (unpaired) electrons. The van der Waals surface area contributed by atoms with Gasteiger partial charge in [0.25, 0.3) is 0 Å². The first-order valence-electron chi connectivity index (χ1n) is 20.0. The Morgan fingerprint density at radius 2 is 0.532 bits per heavy atom. The van der Waals surface area contributed by atoms with Crippen molar-refractivity contribution in [1.82, 2.24) is 0 Å². The third-order valence-electron chi connectivity index (χ3n) is 10.6. The van der Waals surface area contributed by atoms with Crippen LogP contribution in [-0.2, 0) is 47.4 Å². The number of aliphatic hydroxyl groups is 16. The minimum Gasteiger partial charge on any atom is -0.387 e. The number of hydrogen-bond donors (Lipinski definition) is 16. The van der Waals surface area contributed by atoms with Gasteiger partial charge in [-0.3, -0.25) is 0 Å². The molecule has 364 valence electrons. The molecule has 4 rings (SSSR count). The summed E-state index contributed by atoms with van der Waals surface area (Å²) in [6.45, 7) is 1.89. The summed E-state index contributed by atoms with van der Waals surface area (Å²) >= 11 is 0. The fourth-order valence-electron chi connectivity index (χ4n) is 6.75. The van der Waals surface area contributed by atoms with Crippen LogP contribution in [0, 0.1) is 11.8 Å². The molecule has 0 spiro atoms. The van der Waals surface area contributed by atoms with Gasteiger partial charge in [-0.2, -0.15) is 0 Å². The van der Waals surface area contributed by atoms with Crippen molar-refractivity contribution in [2.24, 2.45) is 11.8 Å². The minimum atomic E-state index is -1.78. The van der Waals surface area contributed by atoms with E-state index in [2.05, 4.69) is 6.58 Å². The quantitative estimate of drug-likeness (QED) is 0.0400. The Kier molecular flexibility index (Phi) is 22.0. The summed E-state index contributed by atoms with van der Waals surface area (Å²) in [4.78, 5) is 0. The van der Waals surface area contributed by atoms with E-state index in [0.717, 1.165) is 0 Å².